The highest BCUT2D eigenvalue weighted by molar-refractivity contribution is 9.09. The van der Waals surface area contributed by atoms with Crippen LogP contribution in [0.5, 0.6) is 0 Å². The summed E-state index contributed by atoms with van der Waals surface area (Å²) in [6.45, 7) is 9.88. The molecule has 1 fully saturated rings. The lowest BCUT2D eigenvalue weighted by atomic mass is 9.77. The van der Waals surface area contributed by atoms with Gasteiger partial charge >= 0.3 is 0 Å². The molecule has 2 unspecified atom stereocenters. The van der Waals surface area contributed by atoms with Crippen molar-refractivity contribution in [3.63, 3.8) is 0 Å². The zero-order valence-corrected chi connectivity index (χ0v) is 14.1. The van der Waals surface area contributed by atoms with E-state index in [2.05, 4.69) is 67.9 Å². The molecular formula is C17H25BrO. The molecule has 0 saturated carbocycles. The Labute approximate surface area is 125 Å². The molecule has 1 aliphatic rings. The maximum atomic E-state index is 5.78. The fourth-order valence-corrected chi connectivity index (χ4v) is 3.74. The molecule has 2 rings (SSSR count). The van der Waals surface area contributed by atoms with E-state index < -0.39 is 0 Å². The maximum Gasteiger partial charge on any atom is 0.0615 e. The molecule has 1 nitrogen and oxygen atoms in total. The van der Waals surface area contributed by atoms with Crippen molar-refractivity contribution in [3.05, 3.63) is 35.4 Å². The predicted octanol–water partition coefficient (Wildman–Crippen LogP) is 4.72. The van der Waals surface area contributed by atoms with E-state index in [9.17, 15) is 0 Å². The minimum absolute atomic E-state index is 0.232. The van der Waals surface area contributed by atoms with Crippen LogP contribution in [0.2, 0.25) is 0 Å². The van der Waals surface area contributed by atoms with Gasteiger partial charge < -0.3 is 4.74 Å². The molecule has 2 heteroatoms. The van der Waals surface area contributed by atoms with E-state index in [1.807, 2.05) is 0 Å². The number of hydrogen-bond acceptors (Lipinski definition) is 1. The van der Waals surface area contributed by atoms with Crippen LogP contribution < -0.4 is 0 Å². The fraction of sp³-hybridized carbons (Fsp3) is 0.647. The summed E-state index contributed by atoms with van der Waals surface area (Å²) in [7, 11) is 0. The van der Waals surface area contributed by atoms with Gasteiger partial charge in [0.05, 0.1) is 6.10 Å². The summed E-state index contributed by atoms with van der Waals surface area (Å²) in [6, 6.07) is 9.13. The molecule has 1 aromatic rings. The van der Waals surface area contributed by atoms with Gasteiger partial charge in [-0.05, 0) is 36.3 Å². The number of alkyl halides is 1. The van der Waals surface area contributed by atoms with Gasteiger partial charge in [0, 0.05) is 17.4 Å². The summed E-state index contributed by atoms with van der Waals surface area (Å²) in [4.78, 5) is 0. The molecule has 0 bridgehead atoms. The third-order valence-corrected chi connectivity index (χ3v) is 5.59. The second kappa shape index (κ2) is 5.57. The Hall–Kier alpha value is -0.340. The van der Waals surface area contributed by atoms with Crippen LogP contribution in [0.3, 0.4) is 0 Å². The van der Waals surface area contributed by atoms with Crippen LogP contribution in [0, 0.1) is 5.41 Å². The molecule has 0 aromatic heterocycles. The summed E-state index contributed by atoms with van der Waals surface area (Å²) in [5, 5.41) is 1.02. The quantitative estimate of drug-likeness (QED) is 0.731. The number of benzene rings is 1. The lowest BCUT2D eigenvalue weighted by Crippen LogP contribution is -2.32. The number of hydrogen-bond donors (Lipinski definition) is 0. The second-order valence-corrected chi connectivity index (χ2v) is 7.44. The highest BCUT2D eigenvalue weighted by Crippen LogP contribution is 2.40. The van der Waals surface area contributed by atoms with Crippen LogP contribution in [0.15, 0.2) is 24.3 Å². The summed E-state index contributed by atoms with van der Waals surface area (Å²) < 4.78 is 5.78. The SMILES string of the molecule is CC1OCCC1(CBr)Cc1ccc(C(C)(C)C)cc1. The minimum Gasteiger partial charge on any atom is -0.378 e. The summed E-state index contributed by atoms with van der Waals surface area (Å²) >= 11 is 3.70. The third kappa shape index (κ3) is 3.22. The number of ether oxygens (including phenoxy) is 1. The second-order valence-electron chi connectivity index (χ2n) is 6.88. The summed E-state index contributed by atoms with van der Waals surface area (Å²) in [5.41, 5.74) is 3.32. The van der Waals surface area contributed by atoms with Gasteiger partial charge in [-0.25, -0.2) is 0 Å². The zero-order valence-electron chi connectivity index (χ0n) is 12.5. The Kier molecular flexibility index (Phi) is 4.42. The lowest BCUT2D eigenvalue weighted by molar-refractivity contribution is 0.0746. The van der Waals surface area contributed by atoms with Crippen molar-refractivity contribution in [2.45, 2.75) is 52.1 Å². The van der Waals surface area contributed by atoms with Crippen molar-refractivity contribution in [3.8, 4) is 0 Å². The molecule has 19 heavy (non-hydrogen) atoms. The molecule has 0 N–H and O–H groups in total. The van der Waals surface area contributed by atoms with Crippen molar-refractivity contribution in [2.75, 3.05) is 11.9 Å². The maximum absolute atomic E-state index is 5.78. The average Bonchev–Trinajstić information content (AvgIpc) is 2.71. The molecule has 0 aliphatic carbocycles. The molecule has 0 spiro atoms. The van der Waals surface area contributed by atoms with Gasteiger partial charge in [0.25, 0.3) is 0 Å². The van der Waals surface area contributed by atoms with E-state index in [4.69, 9.17) is 4.74 Å². The van der Waals surface area contributed by atoms with Crippen molar-refractivity contribution < 1.29 is 4.74 Å². The molecule has 1 aliphatic heterocycles. The molecule has 1 heterocycles. The van der Waals surface area contributed by atoms with E-state index in [0.29, 0.717) is 6.10 Å². The van der Waals surface area contributed by atoms with Gasteiger partial charge in [0.15, 0.2) is 0 Å². The largest absolute Gasteiger partial charge is 0.378 e. The Bertz CT molecular complexity index is 418. The first-order chi connectivity index (χ1) is 8.87. The Morgan fingerprint density at radius 2 is 1.89 bits per heavy atom. The van der Waals surface area contributed by atoms with Crippen molar-refractivity contribution in [1.29, 1.82) is 0 Å². The van der Waals surface area contributed by atoms with E-state index >= 15 is 0 Å². The van der Waals surface area contributed by atoms with Crippen LogP contribution in [0.4, 0.5) is 0 Å². The van der Waals surface area contributed by atoms with Crippen molar-refractivity contribution >= 4 is 15.9 Å². The fourth-order valence-electron chi connectivity index (χ4n) is 2.80. The first kappa shape index (κ1) is 15.1. The molecule has 0 radical (unpaired) electrons. The van der Waals surface area contributed by atoms with Crippen molar-refractivity contribution in [2.24, 2.45) is 5.41 Å². The Balaban J connectivity index is 2.15. The monoisotopic (exact) mass is 324 g/mol. The predicted molar refractivity (Wildman–Crippen MR) is 85.1 cm³/mol. The third-order valence-electron chi connectivity index (χ3n) is 4.47. The van der Waals surface area contributed by atoms with E-state index in [1.165, 1.54) is 11.1 Å². The number of rotatable bonds is 3. The van der Waals surface area contributed by atoms with Gasteiger partial charge in [0.1, 0.15) is 0 Å². The van der Waals surface area contributed by atoms with Crippen LogP contribution in [-0.2, 0) is 16.6 Å². The van der Waals surface area contributed by atoms with E-state index in [1.54, 1.807) is 0 Å². The molecule has 1 aromatic carbocycles. The standard InChI is InChI=1S/C17H25BrO/c1-13-17(12-18,9-10-19-13)11-14-5-7-15(8-6-14)16(2,3)4/h5-8,13H,9-12H2,1-4H3. The zero-order chi connectivity index (χ0) is 14.1. The molecule has 2 atom stereocenters. The molecular weight excluding hydrogens is 300 g/mol. The van der Waals surface area contributed by atoms with E-state index in [0.717, 1.165) is 24.8 Å². The lowest BCUT2D eigenvalue weighted by Gasteiger charge is -2.30. The van der Waals surface area contributed by atoms with Gasteiger partial charge in [-0.2, -0.15) is 0 Å². The smallest absolute Gasteiger partial charge is 0.0615 e. The van der Waals surface area contributed by atoms with Crippen LogP contribution in [-0.4, -0.2) is 18.0 Å². The normalized spacial score (nSPS) is 27.7. The topological polar surface area (TPSA) is 9.23 Å². The first-order valence-electron chi connectivity index (χ1n) is 7.14. The highest BCUT2D eigenvalue weighted by atomic mass is 79.9. The van der Waals surface area contributed by atoms with Gasteiger partial charge in [-0.3, -0.25) is 0 Å². The van der Waals surface area contributed by atoms with Gasteiger partial charge in [-0.15, -0.1) is 0 Å². The molecule has 0 amide bonds. The number of halogens is 1. The first-order valence-corrected chi connectivity index (χ1v) is 8.26. The Morgan fingerprint density at radius 3 is 2.32 bits per heavy atom. The van der Waals surface area contributed by atoms with Crippen LogP contribution >= 0.6 is 15.9 Å². The average molecular weight is 325 g/mol. The molecule has 1 saturated heterocycles. The van der Waals surface area contributed by atoms with Crippen LogP contribution in [0.25, 0.3) is 0 Å². The van der Waals surface area contributed by atoms with E-state index in [-0.39, 0.29) is 10.8 Å². The highest BCUT2D eigenvalue weighted by Gasteiger charge is 2.40. The summed E-state index contributed by atoms with van der Waals surface area (Å²) in [6.07, 6.45) is 2.60. The Morgan fingerprint density at radius 1 is 1.26 bits per heavy atom. The van der Waals surface area contributed by atoms with Crippen molar-refractivity contribution in [1.82, 2.24) is 0 Å². The van der Waals surface area contributed by atoms with Crippen LogP contribution in [0.1, 0.15) is 45.2 Å². The summed E-state index contributed by atoms with van der Waals surface area (Å²) in [5.74, 6) is 0. The van der Waals surface area contributed by atoms with Gasteiger partial charge in [-0.1, -0.05) is 61.0 Å². The minimum atomic E-state index is 0.232. The molecule has 106 valence electrons. The van der Waals surface area contributed by atoms with Gasteiger partial charge in [0.2, 0.25) is 0 Å².